The number of carbonyl (C=O) groups is 3. The predicted molar refractivity (Wildman–Crippen MR) is 78.5 cm³/mol. The molecular formula is C13H17F3O11S. The molecule has 1 aliphatic rings. The summed E-state index contributed by atoms with van der Waals surface area (Å²) in [5, 5.41) is 9.92. The third kappa shape index (κ3) is 6.29. The van der Waals surface area contributed by atoms with E-state index in [9.17, 15) is 41.1 Å². The van der Waals surface area contributed by atoms with Crippen LogP contribution in [0.3, 0.4) is 0 Å². The van der Waals surface area contributed by atoms with Crippen molar-refractivity contribution in [2.75, 3.05) is 6.61 Å². The Labute approximate surface area is 156 Å². The molecule has 1 heterocycles. The Morgan fingerprint density at radius 1 is 0.964 bits per heavy atom. The molecule has 0 aromatic heterocycles. The largest absolute Gasteiger partial charge is 0.523 e. The molecule has 1 N–H and O–H groups in total. The second-order valence-corrected chi connectivity index (χ2v) is 7.04. The first-order chi connectivity index (χ1) is 12.7. The maximum absolute atomic E-state index is 12.6. The van der Waals surface area contributed by atoms with E-state index in [0.717, 1.165) is 20.8 Å². The topological polar surface area (TPSA) is 152 Å². The van der Waals surface area contributed by atoms with Crippen LogP contribution in [0.1, 0.15) is 20.8 Å². The molecule has 0 unspecified atom stereocenters. The van der Waals surface area contributed by atoms with Crippen molar-refractivity contribution < 1.29 is 64.2 Å². The molecule has 5 atom stereocenters. The van der Waals surface area contributed by atoms with E-state index in [1.54, 1.807) is 0 Å². The van der Waals surface area contributed by atoms with Gasteiger partial charge < -0.3 is 24.1 Å². The average Bonchev–Trinajstić information content (AvgIpc) is 2.49. The molecular weight excluding hydrogens is 421 g/mol. The van der Waals surface area contributed by atoms with Crippen molar-refractivity contribution in [1.82, 2.24) is 0 Å². The highest BCUT2D eigenvalue weighted by atomic mass is 32.2. The minimum atomic E-state index is -6.25. The Balaban J connectivity index is 3.29. The highest BCUT2D eigenvalue weighted by molar-refractivity contribution is 7.87. The van der Waals surface area contributed by atoms with Gasteiger partial charge in [-0.2, -0.15) is 21.6 Å². The number of hydrogen-bond acceptors (Lipinski definition) is 11. The molecule has 1 rings (SSSR count). The van der Waals surface area contributed by atoms with Gasteiger partial charge in [0, 0.05) is 20.8 Å². The number of esters is 3. The summed E-state index contributed by atoms with van der Waals surface area (Å²) in [6, 6.07) is 0. The molecule has 0 saturated carbocycles. The smallest absolute Gasteiger partial charge is 0.463 e. The Hall–Kier alpha value is -1.97. The van der Waals surface area contributed by atoms with Gasteiger partial charge in [-0.15, -0.1) is 0 Å². The number of aliphatic hydroxyl groups is 1. The molecule has 0 spiro atoms. The van der Waals surface area contributed by atoms with E-state index in [1.165, 1.54) is 0 Å². The number of carbonyl (C=O) groups excluding carboxylic acids is 3. The third-order valence-corrected chi connectivity index (χ3v) is 4.23. The van der Waals surface area contributed by atoms with Crippen molar-refractivity contribution >= 4 is 28.0 Å². The maximum Gasteiger partial charge on any atom is 0.523 e. The van der Waals surface area contributed by atoms with E-state index in [1.807, 2.05) is 0 Å². The zero-order chi connectivity index (χ0) is 21.9. The Kier molecular flexibility index (Phi) is 7.75. The lowest BCUT2D eigenvalue weighted by molar-refractivity contribution is -0.288. The van der Waals surface area contributed by atoms with Crippen LogP contribution in [0.25, 0.3) is 0 Å². The van der Waals surface area contributed by atoms with Gasteiger partial charge in [-0.1, -0.05) is 0 Å². The number of hydrogen-bond donors (Lipinski definition) is 1. The van der Waals surface area contributed by atoms with Crippen molar-refractivity contribution in [2.24, 2.45) is 0 Å². The summed E-state index contributed by atoms with van der Waals surface area (Å²) in [5.41, 5.74) is -5.86. The average molecular weight is 438 g/mol. The molecule has 0 amide bonds. The Morgan fingerprint density at radius 3 is 1.89 bits per heavy atom. The Bertz CT molecular complexity index is 705. The summed E-state index contributed by atoms with van der Waals surface area (Å²) in [6.07, 6.45) is -10.1. The van der Waals surface area contributed by atoms with Crippen LogP contribution < -0.4 is 0 Å². The number of alkyl halides is 3. The van der Waals surface area contributed by atoms with Crippen molar-refractivity contribution in [3.05, 3.63) is 0 Å². The molecule has 0 bridgehead atoms. The van der Waals surface area contributed by atoms with E-state index in [-0.39, 0.29) is 0 Å². The summed E-state index contributed by atoms with van der Waals surface area (Å²) < 4.78 is 83.5. The van der Waals surface area contributed by atoms with Gasteiger partial charge in [0.1, 0.15) is 12.7 Å². The summed E-state index contributed by atoms with van der Waals surface area (Å²) in [4.78, 5) is 33.6. The van der Waals surface area contributed by atoms with E-state index < -0.39 is 70.8 Å². The van der Waals surface area contributed by atoms with Gasteiger partial charge in [0.25, 0.3) is 0 Å². The molecule has 0 aromatic rings. The number of ether oxygens (including phenoxy) is 4. The Morgan fingerprint density at radius 2 is 1.46 bits per heavy atom. The molecule has 15 heteroatoms. The molecule has 0 aromatic carbocycles. The fourth-order valence-electron chi connectivity index (χ4n) is 2.19. The zero-order valence-corrected chi connectivity index (χ0v) is 15.5. The fourth-order valence-corrected chi connectivity index (χ4v) is 2.80. The van der Waals surface area contributed by atoms with E-state index in [2.05, 4.69) is 8.92 Å². The normalized spacial score (nSPS) is 28.3. The number of halogens is 3. The van der Waals surface area contributed by atoms with Gasteiger partial charge >= 0.3 is 33.5 Å². The second kappa shape index (κ2) is 9.02. The van der Waals surface area contributed by atoms with Gasteiger partial charge in [-0.3, -0.25) is 18.6 Å². The quantitative estimate of drug-likeness (QED) is 0.244. The monoisotopic (exact) mass is 438 g/mol. The number of aliphatic hydroxyl groups excluding tert-OH is 1. The van der Waals surface area contributed by atoms with Crippen molar-refractivity contribution in [2.45, 2.75) is 57.0 Å². The highest BCUT2D eigenvalue weighted by Gasteiger charge is 2.56. The molecule has 11 nitrogen and oxygen atoms in total. The molecule has 162 valence electrons. The first-order valence-electron chi connectivity index (χ1n) is 7.46. The predicted octanol–water partition coefficient (Wildman–Crippen LogP) is -0.635. The summed E-state index contributed by atoms with van der Waals surface area (Å²) >= 11 is 0. The van der Waals surface area contributed by atoms with E-state index in [4.69, 9.17) is 14.2 Å². The maximum atomic E-state index is 12.6. The van der Waals surface area contributed by atoms with Crippen LogP contribution in [0.2, 0.25) is 0 Å². The second-order valence-electron chi connectivity index (χ2n) is 5.48. The van der Waals surface area contributed by atoms with Crippen LogP contribution in [0.5, 0.6) is 0 Å². The fraction of sp³-hybridized carbons (Fsp3) is 0.769. The molecule has 0 aliphatic carbocycles. The van der Waals surface area contributed by atoms with Crippen molar-refractivity contribution in [1.29, 1.82) is 0 Å². The van der Waals surface area contributed by atoms with Gasteiger partial charge in [0.2, 0.25) is 0 Å². The standard InChI is InChI=1S/C13H17F3O11S/c1-5(17)23-4-8-9(24-6(2)18)10(25-7(3)19)11(12(20)26-8)27-28(21,22)13(14,15)16/h8-12,20H,4H2,1-3H3/t8-,9-,10+,11+,12+/m1/s1. The van der Waals surface area contributed by atoms with Crippen LogP contribution in [-0.2, 0) is 47.6 Å². The first-order valence-corrected chi connectivity index (χ1v) is 8.87. The third-order valence-electron chi connectivity index (χ3n) is 3.19. The summed E-state index contributed by atoms with van der Waals surface area (Å²) in [5.74, 6) is -2.96. The molecule has 28 heavy (non-hydrogen) atoms. The van der Waals surface area contributed by atoms with E-state index in [0.29, 0.717) is 0 Å². The minimum Gasteiger partial charge on any atom is -0.463 e. The first kappa shape index (κ1) is 24.1. The molecule has 1 aliphatic heterocycles. The summed E-state index contributed by atoms with van der Waals surface area (Å²) in [7, 11) is -6.25. The van der Waals surface area contributed by atoms with Gasteiger partial charge in [-0.05, 0) is 0 Å². The van der Waals surface area contributed by atoms with Crippen molar-refractivity contribution in [3.8, 4) is 0 Å². The van der Waals surface area contributed by atoms with E-state index >= 15 is 0 Å². The lowest BCUT2D eigenvalue weighted by Gasteiger charge is -2.42. The van der Waals surface area contributed by atoms with Crippen LogP contribution in [-0.4, -0.2) is 74.3 Å². The SMILES string of the molecule is CC(=O)OC[C@H]1O[C@H](O)[C@@H](OS(=O)(=O)C(F)(F)F)[C@@H](OC(C)=O)[C@@H]1OC(C)=O. The molecule has 0 radical (unpaired) electrons. The summed E-state index contributed by atoms with van der Waals surface area (Å²) in [6.45, 7) is 2.05. The molecule has 1 saturated heterocycles. The van der Waals surface area contributed by atoms with Gasteiger partial charge in [-0.25, -0.2) is 0 Å². The molecule has 1 fully saturated rings. The minimum absolute atomic E-state index is 0.666. The van der Waals surface area contributed by atoms with Crippen LogP contribution >= 0.6 is 0 Å². The van der Waals surface area contributed by atoms with Crippen molar-refractivity contribution in [3.63, 3.8) is 0 Å². The van der Waals surface area contributed by atoms with Gasteiger partial charge in [0.15, 0.2) is 24.6 Å². The highest BCUT2D eigenvalue weighted by Crippen LogP contribution is 2.33. The van der Waals surface area contributed by atoms with Crippen LogP contribution in [0.4, 0.5) is 13.2 Å². The zero-order valence-electron chi connectivity index (χ0n) is 14.7. The van der Waals surface area contributed by atoms with Crippen LogP contribution in [0.15, 0.2) is 0 Å². The van der Waals surface area contributed by atoms with Crippen LogP contribution in [0, 0.1) is 0 Å². The lowest BCUT2D eigenvalue weighted by Crippen LogP contribution is -2.62. The van der Waals surface area contributed by atoms with Gasteiger partial charge in [0.05, 0.1) is 0 Å². The number of rotatable bonds is 6. The lowest BCUT2D eigenvalue weighted by atomic mass is 9.98.